The topological polar surface area (TPSA) is 105 Å². The number of pyridine rings is 1. The molecular weight excluding hydrogens is 543 g/mol. The predicted molar refractivity (Wildman–Crippen MR) is 139 cm³/mol. The molecule has 1 aliphatic heterocycles. The first-order chi connectivity index (χ1) is 17.7. The van der Waals surface area contributed by atoms with Crippen molar-refractivity contribution >= 4 is 33.4 Å². The van der Waals surface area contributed by atoms with Crippen LogP contribution in [0.5, 0.6) is 0 Å². The number of hydrogen-bond acceptors (Lipinski definition) is 5. The number of hydrogen-bond donors (Lipinski definition) is 1. The second-order valence-corrected chi connectivity index (χ2v) is 10.5. The van der Waals surface area contributed by atoms with Crippen molar-refractivity contribution < 1.29 is 18.9 Å². The molecule has 3 aromatic rings. The van der Waals surface area contributed by atoms with Crippen LogP contribution in [-0.4, -0.2) is 45.8 Å². The molecule has 1 N–H and O–H groups in total. The summed E-state index contributed by atoms with van der Waals surface area (Å²) in [6.45, 7) is 2.69. The van der Waals surface area contributed by atoms with E-state index in [1.54, 1.807) is 48.4 Å². The van der Waals surface area contributed by atoms with Crippen LogP contribution in [0.25, 0.3) is 11.3 Å². The van der Waals surface area contributed by atoms with Crippen LogP contribution in [0, 0.1) is 28.3 Å². The molecule has 2 amide bonds. The van der Waals surface area contributed by atoms with Crippen LogP contribution < -0.4 is 5.32 Å². The summed E-state index contributed by atoms with van der Waals surface area (Å²) in [5.74, 6) is -0.893. The Labute approximate surface area is 221 Å². The molecule has 2 fully saturated rings. The lowest BCUT2D eigenvalue weighted by Gasteiger charge is -2.33. The first kappa shape index (κ1) is 25.0. The number of rotatable bonds is 5. The summed E-state index contributed by atoms with van der Waals surface area (Å²) >= 11 is 3.30. The first-order valence-corrected chi connectivity index (χ1v) is 12.7. The van der Waals surface area contributed by atoms with E-state index in [0.29, 0.717) is 39.9 Å². The number of halogens is 2. The fraction of sp³-hybridized carbons (Fsp3) is 0.296. The zero-order valence-electron chi connectivity index (χ0n) is 20.0. The molecule has 1 saturated heterocycles. The van der Waals surface area contributed by atoms with E-state index < -0.39 is 10.7 Å². The van der Waals surface area contributed by atoms with Crippen molar-refractivity contribution in [2.75, 3.05) is 13.1 Å². The van der Waals surface area contributed by atoms with Gasteiger partial charge in [-0.1, -0.05) is 28.1 Å². The highest BCUT2D eigenvalue weighted by Crippen LogP contribution is 2.54. The fourth-order valence-corrected chi connectivity index (χ4v) is 5.55. The molecular formula is C27H24BrFN4O4. The van der Waals surface area contributed by atoms with Gasteiger partial charge < -0.3 is 10.2 Å². The molecule has 1 unspecified atom stereocenters. The molecule has 10 heteroatoms. The van der Waals surface area contributed by atoms with E-state index in [2.05, 4.69) is 26.2 Å². The van der Waals surface area contributed by atoms with E-state index in [1.807, 2.05) is 0 Å². The van der Waals surface area contributed by atoms with E-state index in [9.17, 15) is 24.1 Å². The summed E-state index contributed by atoms with van der Waals surface area (Å²) in [4.78, 5) is 43.2. The maximum Gasteiger partial charge on any atom is 0.274 e. The first-order valence-electron chi connectivity index (χ1n) is 11.9. The molecule has 1 atom stereocenters. The monoisotopic (exact) mass is 566 g/mol. The molecule has 2 aliphatic rings. The number of amides is 2. The minimum atomic E-state index is -0.496. The van der Waals surface area contributed by atoms with Crippen molar-refractivity contribution in [3.63, 3.8) is 0 Å². The molecule has 1 aromatic heterocycles. The zero-order valence-corrected chi connectivity index (χ0v) is 21.6. The molecule has 8 nitrogen and oxygen atoms in total. The minimum Gasteiger partial charge on any atom is -0.349 e. The third-order valence-corrected chi connectivity index (χ3v) is 8.28. The van der Waals surface area contributed by atoms with Gasteiger partial charge in [0.2, 0.25) is 0 Å². The van der Waals surface area contributed by atoms with Crippen molar-refractivity contribution in [3.8, 4) is 11.3 Å². The van der Waals surface area contributed by atoms with Gasteiger partial charge in [0.25, 0.3) is 17.5 Å². The van der Waals surface area contributed by atoms with E-state index in [-0.39, 0.29) is 34.5 Å². The summed E-state index contributed by atoms with van der Waals surface area (Å²) in [6, 6.07) is 12.3. The molecule has 0 radical (unpaired) electrons. The molecule has 190 valence electrons. The number of carbonyl (C=O) groups excluding carboxylic acids is 2. The van der Waals surface area contributed by atoms with Crippen LogP contribution in [0.15, 0.2) is 59.2 Å². The predicted octanol–water partition coefficient (Wildman–Crippen LogP) is 5.29. The van der Waals surface area contributed by atoms with Gasteiger partial charge >= 0.3 is 0 Å². The summed E-state index contributed by atoms with van der Waals surface area (Å²) in [5.41, 5.74) is 1.94. The van der Waals surface area contributed by atoms with Crippen molar-refractivity contribution in [2.45, 2.75) is 32.2 Å². The van der Waals surface area contributed by atoms with Gasteiger partial charge in [-0.15, -0.1) is 0 Å². The number of nitro benzene ring substituents is 1. The molecule has 0 bridgehead atoms. The Hall–Kier alpha value is -3.66. The summed E-state index contributed by atoms with van der Waals surface area (Å²) in [5, 5.41) is 14.4. The number of aromatic nitrogens is 1. The summed E-state index contributed by atoms with van der Waals surface area (Å²) < 4.78 is 14.3. The maximum absolute atomic E-state index is 13.8. The lowest BCUT2D eigenvalue weighted by molar-refractivity contribution is -0.385. The number of nitrogens with zero attached hydrogens (tertiary/aromatic N) is 3. The molecule has 1 aliphatic carbocycles. The maximum atomic E-state index is 13.8. The fourth-order valence-electron chi connectivity index (χ4n) is 5.10. The van der Waals surface area contributed by atoms with Crippen molar-refractivity contribution in [1.29, 1.82) is 0 Å². The lowest BCUT2D eigenvalue weighted by Crippen LogP contribution is -2.42. The van der Waals surface area contributed by atoms with E-state index in [1.165, 1.54) is 18.2 Å². The van der Waals surface area contributed by atoms with Gasteiger partial charge in [-0.05, 0) is 61.9 Å². The SMILES string of the molecule is Cc1c(Br)cc(C(=O)NC2CC23CCN(C(=O)c2cccnc2-c2cccc(F)c2)CC3)cc1[N+](=O)[O-]. The van der Waals surface area contributed by atoms with Crippen molar-refractivity contribution in [1.82, 2.24) is 15.2 Å². The van der Waals surface area contributed by atoms with Gasteiger partial charge in [-0.3, -0.25) is 24.7 Å². The van der Waals surface area contributed by atoms with Gasteiger partial charge in [-0.2, -0.15) is 0 Å². The largest absolute Gasteiger partial charge is 0.349 e. The van der Waals surface area contributed by atoms with Crippen LogP contribution in [0.4, 0.5) is 10.1 Å². The second kappa shape index (κ2) is 9.66. The summed E-state index contributed by atoms with van der Waals surface area (Å²) in [7, 11) is 0. The Balaban J connectivity index is 1.24. The molecule has 37 heavy (non-hydrogen) atoms. The Morgan fingerprint density at radius 3 is 2.65 bits per heavy atom. The Kier molecular flexibility index (Phi) is 6.53. The minimum absolute atomic E-state index is 0.0439. The Morgan fingerprint density at radius 2 is 1.95 bits per heavy atom. The third kappa shape index (κ3) is 4.85. The normalized spacial score (nSPS) is 17.9. The van der Waals surface area contributed by atoms with E-state index in [4.69, 9.17) is 0 Å². The summed E-state index contributed by atoms with van der Waals surface area (Å²) in [6.07, 6.45) is 3.85. The molecule has 1 spiro atoms. The van der Waals surface area contributed by atoms with Gasteiger partial charge in [0.15, 0.2) is 0 Å². The standard InChI is InChI=1S/C27H24BrFN4O4/c1-16-21(28)13-18(14-22(16)33(36)37)25(34)31-23-15-27(23)7-10-32(11-8-27)26(35)20-6-3-9-30-24(20)17-4-2-5-19(29)12-17/h2-6,9,12-14,23H,7-8,10-11,15H2,1H3,(H,31,34). The third-order valence-electron chi connectivity index (χ3n) is 7.45. The van der Waals surface area contributed by atoms with E-state index >= 15 is 0 Å². The van der Waals surface area contributed by atoms with Gasteiger partial charge in [0.1, 0.15) is 5.82 Å². The molecule has 2 heterocycles. The number of nitrogens with one attached hydrogen (secondary N) is 1. The highest BCUT2D eigenvalue weighted by molar-refractivity contribution is 9.10. The number of benzene rings is 2. The van der Waals surface area contributed by atoms with Crippen LogP contribution in [-0.2, 0) is 0 Å². The number of likely N-dealkylation sites (tertiary alicyclic amines) is 1. The average Bonchev–Trinajstić information content (AvgIpc) is 3.55. The van der Waals surface area contributed by atoms with Gasteiger partial charge in [0, 0.05) is 52.6 Å². The zero-order chi connectivity index (χ0) is 26.3. The molecule has 1 saturated carbocycles. The van der Waals surface area contributed by atoms with E-state index in [0.717, 1.165) is 19.3 Å². The van der Waals surface area contributed by atoms with Crippen LogP contribution >= 0.6 is 15.9 Å². The molecule has 5 rings (SSSR count). The van der Waals surface area contributed by atoms with Gasteiger partial charge in [-0.25, -0.2) is 4.39 Å². The Morgan fingerprint density at radius 1 is 1.19 bits per heavy atom. The van der Waals surface area contributed by atoms with Gasteiger partial charge in [0.05, 0.1) is 16.2 Å². The number of nitro groups is 1. The van der Waals surface area contributed by atoms with Crippen molar-refractivity contribution in [3.05, 3.63) is 91.8 Å². The van der Waals surface area contributed by atoms with Crippen LogP contribution in [0.1, 0.15) is 45.5 Å². The molecule has 2 aromatic carbocycles. The quantitative estimate of drug-likeness (QED) is 0.333. The highest BCUT2D eigenvalue weighted by atomic mass is 79.9. The van der Waals surface area contributed by atoms with Crippen molar-refractivity contribution in [2.24, 2.45) is 5.41 Å². The van der Waals surface area contributed by atoms with Crippen LogP contribution in [0.3, 0.4) is 0 Å². The Bertz CT molecular complexity index is 1420. The second-order valence-electron chi connectivity index (χ2n) is 9.65. The smallest absolute Gasteiger partial charge is 0.274 e. The number of carbonyl (C=O) groups is 2. The number of piperidine rings is 1. The highest BCUT2D eigenvalue weighted by Gasteiger charge is 2.56. The lowest BCUT2D eigenvalue weighted by atomic mass is 9.92. The van der Waals surface area contributed by atoms with Crippen LogP contribution in [0.2, 0.25) is 0 Å². The average molecular weight is 567 g/mol.